The predicted molar refractivity (Wildman–Crippen MR) is 114 cm³/mol. The van der Waals surface area contributed by atoms with Crippen molar-refractivity contribution in [1.82, 2.24) is 9.21 Å². The highest BCUT2D eigenvalue weighted by molar-refractivity contribution is 7.89. The fourth-order valence-corrected chi connectivity index (χ4v) is 7.49. The minimum Gasteiger partial charge on any atom is -0.339 e. The number of sulfonamides is 1. The molecule has 4 rings (SSSR count). The molecule has 1 spiro atoms. The van der Waals surface area contributed by atoms with Crippen molar-refractivity contribution in [2.24, 2.45) is 5.41 Å². The first-order chi connectivity index (χ1) is 13.8. The second kappa shape index (κ2) is 8.20. The fourth-order valence-electron chi connectivity index (χ4n) is 5.44. The van der Waals surface area contributed by atoms with Crippen LogP contribution in [0.1, 0.15) is 63.4 Å². The zero-order valence-electron chi connectivity index (χ0n) is 17.2. The Bertz CT molecular complexity index is 880. The zero-order valence-corrected chi connectivity index (χ0v) is 18.8. The van der Waals surface area contributed by atoms with Crippen LogP contribution in [0.25, 0.3) is 0 Å². The number of halogens is 1. The van der Waals surface area contributed by atoms with Gasteiger partial charge in [0.25, 0.3) is 0 Å². The van der Waals surface area contributed by atoms with Crippen molar-refractivity contribution < 1.29 is 13.2 Å². The maximum Gasteiger partial charge on any atom is 0.243 e. The van der Waals surface area contributed by atoms with Gasteiger partial charge in [-0.05, 0) is 56.7 Å². The van der Waals surface area contributed by atoms with Gasteiger partial charge in [0.15, 0.2) is 0 Å². The van der Waals surface area contributed by atoms with Crippen LogP contribution in [0.15, 0.2) is 23.1 Å². The Kier molecular flexibility index (Phi) is 5.97. The van der Waals surface area contributed by atoms with E-state index < -0.39 is 15.4 Å². The Morgan fingerprint density at radius 3 is 2.48 bits per heavy atom. The number of nitrogens with zero attached hydrogens (tertiary/aromatic N) is 2. The number of carbonyl (C=O) groups is 1. The van der Waals surface area contributed by atoms with Crippen LogP contribution >= 0.6 is 11.6 Å². The number of piperidine rings is 1. The highest BCUT2D eigenvalue weighted by atomic mass is 35.5. The van der Waals surface area contributed by atoms with Crippen molar-refractivity contribution >= 4 is 27.5 Å². The Hall–Kier alpha value is -1.11. The third-order valence-electron chi connectivity index (χ3n) is 7.19. The van der Waals surface area contributed by atoms with Crippen molar-refractivity contribution in [1.29, 1.82) is 0 Å². The average Bonchev–Trinajstić information content (AvgIpc) is 2.89. The van der Waals surface area contributed by atoms with Crippen LogP contribution in [0.3, 0.4) is 0 Å². The van der Waals surface area contributed by atoms with Crippen LogP contribution in [-0.2, 0) is 14.8 Å². The Morgan fingerprint density at radius 2 is 1.76 bits per heavy atom. The van der Waals surface area contributed by atoms with E-state index in [2.05, 4.69) is 4.90 Å². The van der Waals surface area contributed by atoms with Gasteiger partial charge in [-0.25, -0.2) is 8.42 Å². The second-order valence-electron chi connectivity index (χ2n) is 8.98. The molecular weight excluding hydrogens is 408 g/mol. The van der Waals surface area contributed by atoms with Crippen LogP contribution in [0.5, 0.6) is 0 Å². The van der Waals surface area contributed by atoms with Crippen LogP contribution in [0.2, 0.25) is 5.02 Å². The lowest BCUT2D eigenvalue weighted by molar-refractivity contribution is -0.139. The summed E-state index contributed by atoms with van der Waals surface area (Å²) in [6.07, 6.45) is 9.36. The van der Waals surface area contributed by atoms with E-state index in [9.17, 15) is 13.2 Å². The number of carbonyl (C=O) groups excluding carboxylic acids is 1. The summed E-state index contributed by atoms with van der Waals surface area (Å²) in [5, 5.41) is 0.453. The van der Waals surface area contributed by atoms with Gasteiger partial charge in [0, 0.05) is 30.7 Å². The van der Waals surface area contributed by atoms with Gasteiger partial charge in [-0.2, -0.15) is 4.31 Å². The molecule has 0 bridgehead atoms. The molecule has 0 radical (unpaired) electrons. The maximum atomic E-state index is 13.5. The Balaban J connectivity index is 1.56. The molecule has 3 aliphatic rings. The summed E-state index contributed by atoms with van der Waals surface area (Å²) in [6.45, 7) is 3.27. The van der Waals surface area contributed by atoms with E-state index in [1.165, 1.54) is 30.0 Å². The molecule has 0 unspecified atom stereocenters. The Morgan fingerprint density at radius 1 is 1.03 bits per heavy atom. The molecule has 1 aromatic rings. The summed E-state index contributed by atoms with van der Waals surface area (Å²) in [4.78, 5) is 15.9. The highest BCUT2D eigenvalue weighted by Crippen LogP contribution is 2.43. The third kappa shape index (κ3) is 3.84. The molecule has 3 fully saturated rings. The van der Waals surface area contributed by atoms with E-state index in [1.54, 1.807) is 25.1 Å². The number of amides is 1. The molecule has 1 atom stereocenters. The zero-order chi connectivity index (χ0) is 20.6. The average molecular weight is 439 g/mol. The number of hydrogen-bond acceptors (Lipinski definition) is 3. The lowest BCUT2D eigenvalue weighted by atomic mass is 9.79. The quantitative estimate of drug-likeness (QED) is 0.658. The minimum atomic E-state index is -3.67. The van der Waals surface area contributed by atoms with E-state index in [0.717, 1.165) is 38.6 Å². The fraction of sp³-hybridized carbons (Fsp3) is 0.682. The molecule has 2 aliphatic heterocycles. The topological polar surface area (TPSA) is 57.7 Å². The molecule has 2 saturated heterocycles. The van der Waals surface area contributed by atoms with Crippen LogP contribution in [0.4, 0.5) is 0 Å². The monoisotopic (exact) mass is 438 g/mol. The van der Waals surface area contributed by atoms with E-state index in [0.29, 0.717) is 29.7 Å². The number of rotatable bonds is 3. The largest absolute Gasteiger partial charge is 0.339 e. The van der Waals surface area contributed by atoms with Gasteiger partial charge < -0.3 is 4.90 Å². The normalized spacial score (nSPS) is 27.5. The van der Waals surface area contributed by atoms with Gasteiger partial charge in [0.2, 0.25) is 15.9 Å². The van der Waals surface area contributed by atoms with E-state index in [-0.39, 0.29) is 10.8 Å². The maximum absolute atomic E-state index is 13.5. The Labute approximate surface area is 179 Å². The lowest BCUT2D eigenvalue weighted by Gasteiger charge is -2.39. The van der Waals surface area contributed by atoms with Crippen molar-refractivity contribution in [2.45, 2.75) is 75.6 Å². The molecule has 1 aliphatic carbocycles. The number of hydrogen-bond donors (Lipinski definition) is 0. The van der Waals surface area contributed by atoms with Crippen LogP contribution < -0.4 is 0 Å². The van der Waals surface area contributed by atoms with Gasteiger partial charge >= 0.3 is 0 Å². The van der Waals surface area contributed by atoms with Crippen molar-refractivity contribution in [3.8, 4) is 0 Å². The van der Waals surface area contributed by atoms with Gasteiger partial charge in [-0.3, -0.25) is 4.79 Å². The van der Waals surface area contributed by atoms with Crippen molar-refractivity contribution in [2.75, 3.05) is 19.6 Å². The molecular formula is C22H31ClN2O3S. The first-order valence-electron chi connectivity index (χ1n) is 10.9. The molecule has 1 saturated carbocycles. The molecule has 1 amide bonds. The molecule has 0 aromatic heterocycles. The summed E-state index contributed by atoms with van der Waals surface area (Å²) in [5.74, 6) is 0.187. The summed E-state index contributed by atoms with van der Waals surface area (Å²) >= 11 is 6.18. The third-order valence-corrected chi connectivity index (χ3v) is 9.59. The molecule has 0 N–H and O–H groups in total. The summed E-state index contributed by atoms with van der Waals surface area (Å²) < 4.78 is 28.3. The summed E-state index contributed by atoms with van der Waals surface area (Å²) in [7, 11) is -3.67. The van der Waals surface area contributed by atoms with Gasteiger partial charge in [0.1, 0.15) is 0 Å². The molecule has 5 nitrogen and oxygen atoms in total. The molecule has 7 heteroatoms. The van der Waals surface area contributed by atoms with E-state index in [4.69, 9.17) is 11.6 Å². The second-order valence-corrected chi connectivity index (χ2v) is 11.3. The van der Waals surface area contributed by atoms with Gasteiger partial charge in [0.05, 0.1) is 10.3 Å². The summed E-state index contributed by atoms with van der Waals surface area (Å²) in [6, 6.07) is 5.34. The molecule has 1 aromatic carbocycles. The van der Waals surface area contributed by atoms with E-state index in [1.807, 2.05) is 0 Å². The van der Waals surface area contributed by atoms with Crippen LogP contribution in [-0.4, -0.2) is 49.2 Å². The smallest absolute Gasteiger partial charge is 0.243 e. The highest BCUT2D eigenvalue weighted by Gasteiger charge is 2.52. The van der Waals surface area contributed by atoms with Gasteiger partial charge in [-0.1, -0.05) is 43.4 Å². The standard InChI is InChI=1S/C22H31ClN2O3S/c1-17-19(23)10-6-11-20(17)29(27,28)24-14-7-12-22(16-24)13-15-25(21(22)26)18-8-4-2-3-5-9-18/h6,10-11,18H,2-5,7-9,12-16H2,1H3/t22-/m1/s1. The number of benzene rings is 1. The number of likely N-dealkylation sites (tertiary alicyclic amines) is 1. The first kappa shape index (κ1) is 21.1. The van der Waals surface area contributed by atoms with Crippen molar-refractivity contribution in [3.05, 3.63) is 28.8 Å². The SMILES string of the molecule is Cc1c(Cl)cccc1S(=O)(=O)N1CCC[C@@]2(CCN(C3CCCCCC3)C2=O)C1. The van der Waals surface area contributed by atoms with Crippen molar-refractivity contribution in [3.63, 3.8) is 0 Å². The van der Waals surface area contributed by atoms with E-state index >= 15 is 0 Å². The summed E-state index contributed by atoms with van der Waals surface area (Å²) in [5.41, 5.74) is 0.0241. The first-order valence-corrected chi connectivity index (χ1v) is 12.7. The van der Waals surface area contributed by atoms with Gasteiger partial charge in [-0.15, -0.1) is 0 Å². The lowest BCUT2D eigenvalue weighted by Crippen LogP contribution is -2.51. The predicted octanol–water partition coefficient (Wildman–Crippen LogP) is 4.37. The molecule has 160 valence electrons. The minimum absolute atomic E-state index is 0.187. The van der Waals surface area contributed by atoms with Crippen LogP contribution in [0, 0.1) is 12.3 Å². The molecule has 2 heterocycles. The molecule has 29 heavy (non-hydrogen) atoms.